The smallest absolute Gasteiger partial charge is 0.338 e. The molecule has 0 unspecified atom stereocenters. The summed E-state index contributed by atoms with van der Waals surface area (Å²) in [6.07, 6.45) is 0. The van der Waals surface area contributed by atoms with Gasteiger partial charge in [-0.25, -0.2) is 4.79 Å². The molecule has 4 heteroatoms. The van der Waals surface area contributed by atoms with Crippen molar-refractivity contribution in [1.82, 2.24) is 0 Å². The maximum absolute atomic E-state index is 11.8. The fourth-order valence-electron chi connectivity index (χ4n) is 3.11. The zero-order valence-corrected chi connectivity index (χ0v) is 13.6. The van der Waals surface area contributed by atoms with Crippen LogP contribution in [-0.4, -0.2) is 19.1 Å². The van der Waals surface area contributed by atoms with E-state index in [2.05, 4.69) is 33.0 Å². The molecule has 3 N–H and O–H groups in total. The summed E-state index contributed by atoms with van der Waals surface area (Å²) in [5.74, 6) is 0.281. The molecule has 1 aliphatic carbocycles. The second-order valence-electron chi connectivity index (χ2n) is 6.90. The molecule has 2 rings (SSSR count). The summed E-state index contributed by atoms with van der Waals surface area (Å²) in [7, 11) is 0. The van der Waals surface area contributed by atoms with E-state index < -0.39 is 0 Å². The van der Waals surface area contributed by atoms with E-state index in [1.807, 2.05) is 0 Å². The molecular formula is C17H26N2O2. The van der Waals surface area contributed by atoms with Crippen LogP contribution in [0.5, 0.6) is 0 Å². The Kier molecular flexibility index (Phi) is 3.91. The van der Waals surface area contributed by atoms with Crippen molar-refractivity contribution in [3.8, 4) is 0 Å². The number of hydrogen-bond acceptors (Lipinski definition) is 4. The van der Waals surface area contributed by atoms with E-state index in [0.29, 0.717) is 34.6 Å². The number of esters is 1. The number of hydrogen-bond donors (Lipinski definition) is 2. The Morgan fingerprint density at radius 2 is 1.90 bits per heavy atom. The Labute approximate surface area is 127 Å². The monoisotopic (exact) mass is 290 g/mol. The molecule has 0 heterocycles. The van der Waals surface area contributed by atoms with Crippen LogP contribution in [0.3, 0.4) is 0 Å². The number of nitrogen functional groups attached to an aromatic ring is 1. The van der Waals surface area contributed by atoms with Crippen LogP contribution in [0.4, 0.5) is 11.4 Å². The van der Waals surface area contributed by atoms with Crippen molar-refractivity contribution in [3.63, 3.8) is 0 Å². The lowest BCUT2D eigenvalue weighted by Crippen LogP contribution is -2.11. The van der Waals surface area contributed by atoms with Gasteiger partial charge in [0.15, 0.2) is 0 Å². The molecule has 0 saturated heterocycles. The Morgan fingerprint density at radius 3 is 2.43 bits per heavy atom. The van der Waals surface area contributed by atoms with E-state index in [1.54, 1.807) is 25.1 Å². The first-order valence-electron chi connectivity index (χ1n) is 7.52. The Balaban J connectivity index is 2.07. The summed E-state index contributed by atoms with van der Waals surface area (Å²) in [5.41, 5.74) is 8.63. The largest absolute Gasteiger partial charge is 0.462 e. The third-order valence-corrected chi connectivity index (χ3v) is 5.38. The first-order chi connectivity index (χ1) is 9.71. The van der Waals surface area contributed by atoms with Gasteiger partial charge in [-0.2, -0.15) is 0 Å². The molecule has 0 bridgehead atoms. The molecule has 0 amide bonds. The summed E-state index contributed by atoms with van der Waals surface area (Å²) in [6.45, 7) is 12.2. The van der Waals surface area contributed by atoms with Gasteiger partial charge in [-0.05, 0) is 41.9 Å². The third-order valence-electron chi connectivity index (χ3n) is 5.38. The maximum atomic E-state index is 11.8. The lowest BCUT2D eigenvalue weighted by Gasteiger charge is -2.12. The molecule has 0 atom stereocenters. The molecule has 1 aromatic carbocycles. The van der Waals surface area contributed by atoms with Crippen LogP contribution in [0.2, 0.25) is 0 Å². The Bertz CT molecular complexity index is 536. The van der Waals surface area contributed by atoms with Crippen molar-refractivity contribution in [1.29, 1.82) is 0 Å². The zero-order valence-electron chi connectivity index (χ0n) is 13.6. The molecule has 0 radical (unpaired) electrons. The van der Waals surface area contributed by atoms with Gasteiger partial charge in [0, 0.05) is 6.54 Å². The highest BCUT2D eigenvalue weighted by Gasteiger charge is 2.64. The molecule has 1 saturated carbocycles. The molecular weight excluding hydrogens is 264 g/mol. The van der Waals surface area contributed by atoms with Crippen LogP contribution in [-0.2, 0) is 4.74 Å². The van der Waals surface area contributed by atoms with E-state index in [-0.39, 0.29) is 5.97 Å². The lowest BCUT2D eigenvalue weighted by molar-refractivity contribution is 0.0526. The minimum atomic E-state index is -0.312. The molecule has 0 aromatic heterocycles. The number of carbonyl (C=O) groups is 1. The van der Waals surface area contributed by atoms with Gasteiger partial charge in [0.2, 0.25) is 0 Å². The molecule has 1 aromatic rings. The number of nitrogens with one attached hydrogen (secondary N) is 1. The highest BCUT2D eigenvalue weighted by atomic mass is 16.5. The van der Waals surface area contributed by atoms with Gasteiger partial charge < -0.3 is 15.8 Å². The number of ether oxygens (including phenoxy) is 1. The zero-order chi connectivity index (χ0) is 15.8. The summed E-state index contributed by atoms with van der Waals surface area (Å²) >= 11 is 0. The highest BCUT2D eigenvalue weighted by Crippen LogP contribution is 2.68. The first kappa shape index (κ1) is 15.7. The van der Waals surface area contributed by atoms with E-state index in [1.165, 1.54) is 0 Å². The van der Waals surface area contributed by atoms with Crippen molar-refractivity contribution in [2.45, 2.75) is 34.6 Å². The van der Waals surface area contributed by atoms with Gasteiger partial charge in [0.05, 0.1) is 23.5 Å². The average Bonchev–Trinajstić information content (AvgIpc) is 2.79. The maximum Gasteiger partial charge on any atom is 0.338 e. The van der Waals surface area contributed by atoms with Crippen molar-refractivity contribution >= 4 is 17.3 Å². The van der Waals surface area contributed by atoms with Gasteiger partial charge in [0.1, 0.15) is 0 Å². The van der Waals surface area contributed by atoms with Crippen molar-refractivity contribution in [2.75, 3.05) is 24.2 Å². The molecule has 1 fully saturated rings. The molecule has 1 aliphatic rings. The van der Waals surface area contributed by atoms with Crippen LogP contribution in [0, 0.1) is 16.7 Å². The lowest BCUT2D eigenvalue weighted by atomic mass is 10.0. The minimum Gasteiger partial charge on any atom is -0.462 e. The fourth-order valence-corrected chi connectivity index (χ4v) is 3.11. The molecule has 0 spiro atoms. The summed E-state index contributed by atoms with van der Waals surface area (Å²) in [4.78, 5) is 11.8. The van der Waals surface area contributed by atoms with Crippen LogP contribution >= 0.6 is 0 Å². The SMILES string of the molecule is CCOC(=O)c1ccc(N)c(NCC2C(C)(C)C2(C)C)c1. The topological polar surface area (TPSA) is 64.3 Å². The number of benzene rings is 1. The first-order valence-corrected chi connectivity index (χ1v) is 7.52. The van der Waals surface area contributed by atoms with Crippen molar-refractivity contribution in [3.05, 3.63) is 23.8 Å². The van der Waals surface area contributed by atoms with Gasteiger partial charge in [0.25, 0.3) is 0 Å². The number of rotatable bonds is 5. The number of anilines is 2. The quantitative estimate of drug-likeness (QED) is 0.643. The third kappa shape index (κ3) is 2.71. The molecule has 0 aliphatic heterocycles. The number of carbonyl (C=O) groups excluding carboxylic acids is 1. The van der Waals surface area contributed by atoms with Crippen LogP contribution in [0.1, 0.15) is 45.0 Å². The highest BCUT2D eigenvalue weighted by molar-refractivity contribution is 5.92. The van der Waals surface area contributed by atoms with Crippen LogP contribution < -0.4 is 11.1 Å². The normalized spacial score (nSPS) is 19.1. The van der Waals surface area contributed by atoms with Gasteiger partial charge >= 0.3 is 5.97 Å². The standard InChI is InChI=1S/C17H26N2O2/c1-6-21-15(20)11-7-8-12(18)13(9-11)19-10-14-16(2,3)17(14,4)5/h7-9,14,19H,6,10,18H2,1-5H3. The summed E-state index contributed by atoms with van der Waals surface area (Å²) in [6, 6.07) is 5.22. The fraction of sp³-hybridized carbons (Fsp3) is 0.588. The van der Waals surface area contributed by atoms with Gasteiger partial charge in [-0.3, -0.25) is 0 Å². The van der Waals surface area contributed by atoms with E-state index in [4.69, 9.17) is 10.5 Å². The average molecular weight is 290 g/mol. The Hall–Kier alpha value is -1.71. The van der Waals surface area contributed by atoms with Gasteiger partial charge in [-0.1, -0.05) is 27.7 Å². The molecule has 21 heavy (non-hydrogen) atoms. The van der Waals surface area contributed by atoms with E-state index in [0.717, 1.165) is 12.2 Å². The second-order valence-corrected chi connectivity index (χ2v) is 6.90. The van der Waals surface area contributed by atoms with Crippen molar-refractivity contribution < 1.29 is 9.53 Å². The molecule has 116 valence electrons. The summed E-state index contributed by atoms with van der Waals surface area (Å²) in [5, 5.41) is 3.39. The number of nitrogens with two attached hydrogens (primary N) is 1. The van der Waals surface area contributed by atoms with Gasteiger partial charge in [-0.15, -0.1) is 0 Å². The van der Waals surface area contributed by atoms with Crippen LogP contribution in [0.25, 0.3) is 0 Å². The molecule has 4 nitrogen and oxygen atoms in total. The summed E-state index contributed by atoms with van der Waals surface area (Å²) < 4.78 is 5.02. The van der Waals surface area contributed by atoms with E-state index >= 15 is 0 Å². The van der Waals surface area contributed by atoms with E-state index in [9.17, 15) is 4.79 Å². The predicted molar refractivity (Wildman–Crippen MR) is 86.4 cm³/mol. The predicted octanol–water partition coefficient (Wildman–Crippen LogP) is 3.54. The second kappa shape index (κ2) is 5.24. The van der Waals surface area contributed by atoms with Crippen molar-refractivity contribution in [2.24, 2.45) is 16.7 Å². The van der Waals surface area contributed by atoms with Crippen LogP contribution in [0.15, 0.2) is 18.2 Å². The Morgan fingerprint density at radius 1 is 1.29 bits per heavy atom. The minimum absolute atomic E-state index is 0.312.